The number of halogens is 1. The molecule has 3 aromatic rings. The Morgan fingerprint density at radius 1 is 1.20 bits per heavy atom. The van der Waals surface area contributed by atoms with Gasteiger partial charge in [0.25, 0.3) is 0 Å². The van der Waals surface area contributed by atoms with Gasteiger partial charge in [-0.25, -0.2) is 9.97 Å². The summed E-state index contributed by atoms with van der Waals surface area (Å²) < 4.78 is 14.1. The van der Waals surface area contributed by atoms with E-state index in [-0.39, 0.29) is 0 Å². The summed E-state index contributed by atoms with van der Waals surface area (Å²) in [5, 5.41) is 0. The molecule has 130 valence electrons. The average Bonchev–Trinajstić information content (AvgIpc) is 2.96. The Kier molecular flexibility index (Phi) is 4.51. The van der Waals surface area contributed by atoms with Crippen LogP contribution in [0.4, 0.5) is 5.82 Å². The molecule has 3 heterocycles. The van der Waals surface area contributed by atoms with E-state index < -0.39 is 0 Å². The number of hydrogen-bond donors (Lipinski definition) is 0. The average molecular weight is 450 g/mol. The predicted molar refractivity (Wildman–Crippen MR) is 105 cm³/mol. The fourth-order valence-electron chi connectivity index (χ4n) is 3.03. The number of anilines is 1. The molecular weight excluding hydrogens is 431 g/mol. The number of rotatable bonds is 3. The van der Waals surface area contributed by atoms with Crippen LogP contribution in [0, 0.1) is 10.6 Å². The highest BCUT2D eigenvalue weighted by molar-refractivity contribution is 14.1. The summed E-state index contributed by atoms with van der Waals surface area (Å²) in [5.41, 5.74) is 3.84. The van der Waals surface area contributed by atoms with E-state index in [2.05, 4.69) is 44.2 Å². The summed E-state index contributed by atoms with van der Waals surface area (Å²) in [6.45, 7) is 5.12. The van der Waals surface area contributed by atoms with Crippen LogP contribution >= 0.6 is 22.6 Å². The number of benzene rings is 1. The van der Waals surface area contributed by atoms with Crippen LogP contribution in [0.3, 0.4) is 0 Å². The zero-order chi connectivity index (χ0) is 17.4. The van der Waals surface area contributed by atoms with E-state index in [1.807, 2.05) is 25.1 Å². The molecule has 0 unspecified atom stereocenters. The van der Waals surface area contributed by atoms with E-state index in [0.717, 1.165) is 51.0 Å². The molecule has 6 nitrogen and oxygen atoms in total. The van der Waals surface area contributed by atoms with Gasteiger partial charge in [0, 0.05) is 24.8 Å². The van der Waals surface area contributed by atoms with Crippen molar-refractivity contribution < 1.29 is 9.47 Å². The van der Waals surface area contributed by atoms with Gasteiger partial charge in [-0.2, -0.15) is 0 Å². The van der Waals surface area contributed by atoms with E-state index in [1.54, 1.807) is 7.11 Å². The molecule has 0 N–H and O–H groups in total. The molecule has 7 heteroatoms. The van der Waals surface area contributed by atoms with E-state index in [4.69, 9.17) is 19.4 Å². The van der Waals surface area contributed by atoms with Crippen molar-refractivity contribution in [3.8, 4) is 17.0 Å². The Morgan fingerprint density at radius 3 is 2.76 bits per heavy atom. The number of imidazole rings is 1. The Balaban J connectivity index is 1.91. The Bertz CT molecular complexity index is 919. The number of nitrogens with zero attached hydrogens (tertiary/aromatic N) is 4. The molecule has 0 spiro atoms. The topological polar surface area (TPSA) is 51.9 Å². The number of fused-ring (bicyclic) bond motifs is 1. The monoisotopic (exact) mass is 450 g/mol. The highest BCUT2D eigenvalue weighted by Gasteiger charge is 2.20. The van der Waals surface area contributed by atoms with Gasteiger partial charge in [0.2, 0.25) is 0 Å². The first-order chi connectivity index (χ1) is 12.2. The molecule has 0 atom stereocenters. The standard InChI is InChI=1S/C18H19IN4O2/c1-12-16(19)23-11-15(13-4-3-5-14(10-13)24-2)21-17(18(23)20-12)22-6-8-25-9-7-22/h3-5,10-11H,6-9H2,1-2H3. The molecule has 1 fully saturated rings. The van der Waals surface area contributed by atoms with Gasteiger partial charge in [0.15, 0.2) is 11.5 Å². The number of ether oxygens (including phenoxy) is 2. The largest absolute Gasteiger partial charge is 0.497 e. The second kappa shape index (κ2) is 6.80. The van der Waals surface area contributed by atoms with Crippen LogP contribution in [-0.4, -0.2) is 47.8 Å². The third-order valence-electron chi connectivity index (χ3n) is 4.37. The highest BCUT2D eigenvalue weighted by Crippen LogP contribution is 2.29. The molecule has 1 aromatic carbocycles. The van der Waals surface area contributed by atoms with Crippen LogP contribution in [0.2, 0.25) is 0 Å². The van der Waals surface area contributed by atoms with Crippen LogP contribution in [0.25, 0.3) is 16.9 Å². The lowest BCUT2D eigenvalue weighted by Gasteiger charge is -2.28. The van der Waals surface area contributed by atoms with Gasteiger partial charge in [-0.05, 0) is 41.6 Å². The van der Waals surface area contributed by atoms with Crippen molar-refractivity contribution in [3.63, 3.8) is 0 Å². The Labute approximate surface area is 159 Å². The molecule has 25 heavy (non-hydrogen) atoms. The van der Waals surface area contributed by atoms with E-state index in [1.165, 1.54) is 0 Å². The summed E-state index contributed by atoms with van der Waals surface area (Å²) >= 11 is 2.34. The van der Waals surface area contributed by atoms with Gasteiger partial charge >= 0.3 is 0 Å². The lowest BCUT2D eigenvalue weighted by molar-refractivity contribution is 0.122. The molecule has 0 bridgehead atoms. The van der Waals surface area contributed by atoms with Gasteiger partial charge in [-0.3, -0.25) is 4.40 Å². The molecule has 0 amide bonds. The van der Waals surface area contributed by atoms with Crippen LogP contribution in [0.1, 0.15) is 5.69 Å². The van der Waals surface area contributed by atoms with Crippen LogP contribution in [0.5, 0.6) is 5.75 Å². The molecule has 4 rings (SSSR count). The fraction of sp³-hybridized carbons (Fsp3) is 0.333. The van der Waals surface area contributed by atoms with Crippen molar-refractivity contribution >= 4 is 34.1 Å². The quantitative estimate of drug-likeness (QED) is 0.574. The van der Waals surface area contributed by atoms with Gasteiger partial charge in [-0.1, -0.05) is 12.1 Å². The molecule has 1 aliphatic heterocycles. The van der Waals surface area contributed by atoms with Gasteiger partial charge < -0.3 is 14.4 Å². The predicted octanol–water partition coefficient (Wildman–Crippen LogP) is 3.15. The van der Waals surface area contributed by atoms with E-state index in [0.29, 0.717) is 13.2 Å². The lowest BCUT2D eigenvalue weighted by atomic mass is 10.1. The number of aromatic nitrogens is 3. The van der Waals surface area contributed by atoms with E-state index in [9.17, 15) is 0 Å². The molecule has 0 radical (unpaired) electrons. The second-order valence-electron chi connectivity index (χ2n) is 5.96. The van der Waals surface area contributed by atoms with Crippen molar-refractivity contribution in [3.05, 3.63) is 39.9 Å². The Morgan fingerprint density at radius 2 is 2.00 bits per heavy atom. The first-order valence-electron chi connectivity index (χ1n) is 8.19. The second-order valence-corrected chi connectivity index (χ2v) is 6.98. The third-order valence-corrected chi connectivity index (χ3v) is 5.67. The minimum atomic E-state index is 0.716. The molecule has 0 saturated carbocycles. The van der Waals surface area contributed by atoms with Crippen molar-refractivity contribution in [2.24, 2.45) is 0 Å². The fourth-order valence-corrected chi connectivity index (χ4v) is 3.51. The van der Waals surface area contributed by atoms with Crippen molar-refractivity contribution in [1.82, 2.24) is 14.4 Å². The van der Waals surface area contributed by atoms with Crippen molar-refractivity contribution in [2.75, 3.05) is 38.3 Å². The number of methoxy groups -OCH3 is 1. The first-order valence-corrected chi connectivity index (χ1v) is 9.27. The van der Waals surface area contributed by atoms with Crippen LogP contribution in [-0.2, 0) is 4.74 Å². The summed E-state index contributed by atoms with van der Waals surface area (Å²) in [6, 6.07) is 7.99. The van der Waals surface area contributed by atoms with Gasteiger partial charge in [0.1, 0.15) is 9.45 Å². The van der Waals surface area contributed by atoms with Crippen molar-refractivity contribution in [2.45, 2.75) is 6.92 Å². The van der Waals surface area contributed by atoms with Gasteiger partial charge in [-0.15, -0.1) is 0 Å². The number of hydrogen-bond acceptors (Lipinski definition) is 5. The molecule has 0 aliphatic carbocycles. The maximum Gasteiger partial charge on any atom is 0.181 e. The summed E-state index contributed by atoms with van der Waals surface area (Å²) in [4.78, 5) is 11.9. The van der Waals surface area contributed by atoms with Crippen molar-refractivity contribution in [1.29, 1.82) is 0 Å². The molecule has 1 aliphatic rings. The summed E-state index contributed by atoms with van der Waals surface area (Å²) in [7, 11) is 1.68. The van der Waals surface area contributed by atoms with Crippen LogP contribution in [0.15, 0.2) is 30.5 Å². The molecular formula is C18H19IN4O2. The minimum Gasteiger partial charge on any atom is -0.497 e. The van der Waals surface area contributed by atoms with Gasteiger partial charge in [0.05, 0.1) is 31.7 Å². The van der Waals surface area contributed by atoms with Crippen LogP contribution < -0.4 is 9.64 Å². The van der Waals surface area contributed by atoms with E-state index >= 15 is 0 Å². The summed E-state index contributed by atoms with van der Waals surface area (Å²) in [6.07, 6.45) is 2.05. The number of morpholine rings is 1. The zero-order valence-electron chi connectivity index (χ0n) is 14.2. The third kappa shape index (κ3) is 3.06. The molecule has 1 saturated heterocycles. The lowest BCUT2D eigenvalue weighted by Crippen LogP contribution is -2.37. The SMILES string of the molecule is COc1cccc(-c2cn3c(I)c(C)nc3c(N3CCOCC3)n2)c1. The Hall–Kier alpha value is -1.87. The maximum atomic E-state index is 5.49. The zero-order valence-corrected chi connectivity index (χ0v) is 16.4. The first kappa shape index (κ1) is 16.6. The smallest absolute Gasteiger partial charge is 0.181 e. The molecule has 2 aromatic heterocycles. The maximum absolute atomic E-state index is 5.49. The minimum absolute atomic E-state index is 0.716. The number of aryl methyl sites for hydroxylation is 1. The highest BCUT2D eigenvalue weighted by atomic mass is 127. The summed E-state index contributed by atoms with van der Waals surface area (Å²) in [5.74, 6) is 1.73. The normalized spacial score (nSPS) is 14.9.